The molecular formula is C15H21BrN2O4S. The Balaban J connectivity index is 1.99. The van der Waals surface area contributed by atoms with Gasteiger partial charge in [-0.1, -0.05) is 6.07 Å². The molecule has 0 bridgehead atoms. The Morgan fingerprint density at radius 1 is 1.39 bits per heavy atom. The summed E-state index contributed by atoms with van der Waals surface area (Å²) >= 11 is 3.31. The van der Waals surface area contributed by atoms with Crippen LogP contribution < -0.4 is 4.72 Å². The zero-order valence-electron chi connectivity index (χ0n) is 13.2. The van der Waals surface area contributed by atoms with E-state index in [9.17, 15) is 13.2 Å². The highest BCUT2D eigenvalue weighted by molar-refractivity contribution is 9.10. The minimum atomic E-state index is -3.59. The molecule has 1 heterocycles. The van der Waals surface area contributed by atoms with E-state index < -0.39 is 10.0 Å². The first kappa shape index (κ1) is 18.2. The first-order chi connectivity index (χ1) is 10.8. The van der Waals surface area contributed by atoms with Crippen LogP contribution in [0, 0.1) is 6.92 Å². The third-order valence-corrected chi connectivity index (χ3v) is 6.22. The predicted molar refractivity (Wildman–Crippen MR) is 90.8 cm³/mol. The van der Waals surface area contributed by atoms with Crippen LogP contribution in [0.4, 0.5) is 4.79 Å². The van der Waals surface area contributed by atoms with E-state index in [4.69, 9.17) is 4.74 Å². The Morgan fingerprint density at radius 3 is 2.61 bits per heavy atom. The zero-order valence-corrected chi connectivity index (χ0v) is 15.6. The van der Waals surface area contributed by atoms with Gasteiger partial charge in [0, 0.05) is 23.6 Å². The molecule has 1 amide bonds. The summed E-state index contributed by atoms with van der Waals surface area (Å²) in [5.74, 6) is 0. The van der Waals surface area contributed by atoms with Crippen molar-refractivity contribution in [1.82, 2.24) is 9.62 Å². The second kappa shape index (κ2) is 7.63. The number of hydrogen-bond donors (Lipinski definition) is 1. The summed E-state index contributed by atoms with van der Waals surface area (Å²) in [5.41, 5.74) is 0.985. The maximum Gasteiger partial charge on any atom is 0.409 e. The summed E-state index contributed by atoms with van der Waals surface area (Å²) in [5, 5.41) is 0. The standard InChI is InChI=1S/C15H21BrN2O4S/c1-3-22-15(19)18-8-6-12(7-9-18)17-23(20,21)14-5-4-11(2)10-13(14)16/h4-5,10,12,17H,3,6-9H2,1-2H3. The Hall–Kier alpha value is -1.12. The van der Waals surface area contributed by atoms with Gasteiger partial charge in [0.05, 0.1) is 11.5 Å². The van der Waals surface area contributed by atoms with Crippen molar-refractivity contribution in [1.29, 1.82) is 0 Å². The maximum atomic E-state index is 12.5. The van der Waals surface area contributed by atoms with Crippen molar-refractivity contribution in [3.05, 3.63) is 28.2 Å². The number of carbonyl (C=O) groups excluding carboxylic acids is 1. The van der Waals surface area contributed by atoms with E-state index in [2.05, 4.69) is 20.7 Å². The number of rotatable bonds is 4. The van der Waals surface area contributed by atoms with Crippen LogP contribution in [0.5, 0.6) is 0 Å². The zero-order chi connectivity index (χ0) is 17.0. The monoisotopic (exact) mass is 404 g/mol. The molecule has 1 fully saturated rings. The Bertz CT molecular complexity index is 670. The lowest BCUT2D eigenvalue weighted by Gasteiger charge is -2.31. The fraction of sp³-hybridized carbons (Fsp3) is 0.533. The van der Waals surface area contributed by atoms with Crippen LogP contribution in [0.2, 0.25) is 0 Å². The second-order valence-electron chi connectivity index (χ2n) is 5.52. The van der Waals surface area contributed by atoms with Gasteiger partial charge in [0.25, 0.3) is 0 Å². The molecule has 1 aromatic carbocycles. The van der Waals surface area contributed by atoms with Crippen LogP contribution in [0.1, 0.15) is 25.3 Å². The highest BCUT2D eigenvalue weighted by Crippen LogP contribution is 2.24. The van der Waals surface area contributed by atoms with E-state index in [0.717, 1.165) is 5.56 Å². The smallest absolute Gasteiger partial charge is 0.409 e. The molecule has 8 heteroatoms. The number of carbonyl (C=O) groups is 1. The molecule has 0 unspecified atom stereocenters. The summed E-state index contributed by atoms with van der Waals surface area (Å²) in [4.78, 5) is 13.5. The molecule has 0 aliphatic carbocycles. The largest absolute Gasteiger partial charge is 0.450 e. The van der Waals surface area contributed by atoms with Crippen LogP contribution in [-0.2, 0) is 14.8 Å². The number of aryl methyl sites for hydroxylation is 1. The molecule has 1 saturated heterocycles. The van der Waals surface area contributed by atoms with Crippen LogP contribution in [0.3, 0.4) is 0 Å². The van der Waals surface area contributed by atoms with Crippen molar-refractivity contribution >= 4 is 32.0 Å². The van der Waals surface area contributed by atoms with E-state index >= 15 is 0 Å². The van der Waals surface area contributed by atoms with E-state index in [-0.39, 0.29) is 17.0 Å². The molecule has 1 aliphatic heterocycles. The average Bonchev–Trinajstić information content (AvgIpc) is 2.47. The first-order valence-electron chi connectivity index (χ1n) is 7.53. The highest BCUT2D eigenvalue weighted by Gasteiger charge is 2.28. The van der Waals surface area contributed by atoms with Crippen molar-refractivity contribution in [3.8, 4) is 0 Å². The molecule has 0 saturated carbocycles. The van der Waals surface area contributed by atoms with Gasteiger partial charge in [-0.3, -0.25) is 0 Å². The van der Waals surface area contributed by atoms with Gasteiger partial charge in [0.2, 0.25) is 10.0 Å². The lowest BCUT2D eigenvalue weighted by atomic mass is 10.1. The quantitative estimate of drug-likeness (QED) is 0.836. The van der Waals surface area contributed by atoms with Gasteiger partial charge in [0.15, 0.2) is 0 Å². The van der Waals surface area contributed by atoms with Gasteiger partial charge in [-0.05, 0) is 60.3 Å². The van der Waals surface area contributed by atoms with E-state index in [1.165, 1.54) is 0 Å². The number of nitrogens with zero attached hydrogens (tertiary/aromatic N) is 1. The van der Waals surface area contributed by atoms with Crippen molar-refractivity contribution in [2.75, 3.05) is 19.7 Å². The number of amides is 1. The second-order valence-corrected chi connectivity index (χ2v) is 8.05. The van der Waals surface area contributed by atoms with Crippen molar-refractivity contribution < 1.29 is 17.9 Å². The molecule has 0 radical (unpaired) electrons. The number of piperidine rings is 1. The van der Waals surface area contributed by atoms with Crippen LogP contribution in [0.15, 0.2) is 27.6 Å². The minimum absolute atomic E-state index is 0.182. The molecule has 1 N–H and O–H groups in total. The molecular weight excluding hydrogens is 384 g/mol. The fourth-order valence-corrected chi connectivity index (χ4v) is 5.00. The van der Waals surface area contributed by atoms with Gasteiger partial charge in [-0.15, -0.1) is 0 Å². The number of sulfonamides is 1. The number of likely N-dealkylation sites (tertiary alicyclic amines) is 1. The van der Waals surface area contributed by atoms with Crippen LogP contribution in [-0.4, -0.2) is 45.1 Å². The molecule has 1 aliphatic rings. The summed E-state index contributed by atoms with van der Waals surface area (Å²) in [6, 6.07) is 4.95. The van der Waals surface area contributed by atoms with Crippen LogP contribution in [0.25, 0.3) is 0 Å². The minimum Gasteiger partial charge on any atom is -0.450 e. The Kier molecular flexibility index (Phi) is 6.05. The summed E-state index contributed by atoms with van der Waals surface area (Å²) < 4.78 is 33.2. The molecule has 6 nitrogen and oxygen atoms in total. The van der Waals surface area contributed by atoms with Gasteiger partial charge in [-0.2, -0.15) is 0 Å². The van der Waals surface area contributed by atoms with E-state index in [1.54, 1.807) is 30.0 Å². The molecule has 128 valence electrons. The highest BCUT2D eigenvalue weighted by atomic mass is 79.9. The average molecular weight is 405 g/mol. The molecule has 0 spiro atoms. The number of ether oxygens (including phenoxy) is 1. The molecule has 1 aromatic rings. The third kappa shape index (κ3) is 4.68. The predicted octanol–water partition coefficient (Wildman–Crippen LogP) is 2.66. The van der Waals surface area contributed by atoms with E-state index in [0.29, 0.717) is 37.0 Å². The molecule has 0 atom stereocenters. The van der Waals surface area contributed by atoms with Crippen molar-refractivity contribution in [2.45, 2.75) is 37.6 Å². The van der Waals surface area contributed by atoms with Gasteiger partial charge >= 0.3 is 6.09 Å². The number of nitrogens with one attached hydrogen (secondary N) is 1. The molecule has 0 aromatic heterocycles. The number of hydrogen-bond acceptors (Lipinski definition) is 4. The van der Waals surface area contributed by atoms with Gasteiger partial charge < -0.3 is 9.64 Å². The lowest BCUT2D eigenvalue weighted by molar-refractivity contribution is 0.0966. The van der Waals surface area contributed by atoms with Gasteiger partial charge in [0.1, 0.15) is 0 Å². The fourth-order valence-electron chi connectivity index (χ4n) is 2.50. The van der Waals surface area contributed by atoms with E-state index in [1.807, 2.05) is 6.92 Å². The summed E-state index contributed by atoms with van der Waals surface area (Å²) in [6.07, 6.45) is 0.804. The summed E-state index contributed by atoms with van der Waals surface area (Å²) in [6.45, 7) is 4.98. The normalized spacial score (nSPS) is 16.4. The van der Waals surface area contributed by atoms with Gasteiger partial charge in [-0.25, -0.2) is 17.9 Å². The maximum absolute atomic E-state index is 12.5. The first-order valence-corrected chi connectivity index (χ1v) is 9.81. The van der Waals surface area contributed by atoms with Crippen molar-refractivity contribution in [3.63, 3.8) is 0 Å². The molecule has 23 heavy (non-hydrogen) atoms. The van der Waals surface area contributed by atoms with Crippen molar-refractivity contribution in [2.24, 2.45) is 0 Å². The van der Waals surface area contributed by atoms with Crippen LogP contribution >= 0.6 is 15.9 Å². The third-order valence-electron chi connectivity index (χ3n) is 3.72. The Morgan fingerprint density at radius 2 is 2.04 bits per heavy atom. The number of halogens is 1. The number of benzene rings is 1. The molecule has 2 rings (SSSR count). The summed E-state index contributed by atoms with van der Waals surface area (Å²) in [7, 11) is -3.59. The lowest BCUT2D eigenvalue weighted by Crippen LogP contribution is -2.46. The SMILES string of the molecule is CCOC(=O)N1CCC(NS(=O)(=O)c2ccc(C)cc2Br)CC1. The topological polar surface area (TPSA) is 75.7 Å². The Labute approximate surface area is 145 Å².